The summed E-state index contributed by atoms with van der Waals surface area (Å²) in [5.74, 6) is -1.31. The van der Waals surface area contributed by atoms with Gasteiger partial charge < -0.3 is 5.32 Å². The van der Waals surface area contributed by atoms with Crippen LogP contribution in [0.2, 0.25) is 0 Å². The van der Waals surface area contributed by atoms with E-state index in [0.29, 0.717) is 17.1 Å². The van der Waals surface area contributed by atoms with Gasteiger partial charge in [-0.1, -0.05) is 30.0 Å². The largest absolute Gasteiger partial charge is 0.409 e. The zero-order valence-electron chi connectivity index (χ0n) is 15.8. The smallest absolute Gasteiger partial charge is 0.324 e. The maximum absolute atomic E-state index is 13.7. The minimum Gasteiger partial charge on any atom is -0.324 e. The number of hydrogen-bond donors (Lipinski definition) is 2. The van der Waals surface area contributed by atoms with Crippen molar-refractivity contribution in [2.75, 3.05) is 16.0 Å². The number of halogens is 3. The van der Waals surface area contributed by atoms with Crippen molar-refractivity contribution < 1.29 is 22.8 Å². The highest BCUT2D eigenvalue weighted by Gasteiger charge is 2.48. The molecule has 1 atom stereocenters. The van der Waals surface area contributed by atoms with Gasteiger partial charge in [0.2, 0.25) is 17.0 Å². The summed E-state index contributed by atoms with van der Waals surface area (Å²) < 4.78 is 41.2. The zero-order valence-corrected chi connectivity index (χ0v) is 17.5. The molecule has 7 nitrogen and oxygen atoms in total. The Kier molecular flexibility index (Phi) is 6.01. The Morgan fingerprint density at radius 2 is 2.06 bits per heavy atom. The van der Waals surface area contributed by atoms with Crippen LogP contribution >= 0.6 is 23.1 Å². The van der Waals surface area contributed by atoms with Crippen molar-refractivity contribution in [2.24, 2.45) is 0 Å². The fourth-order valence-electron chi connectivity index (χ4n) is 3.19. The van der Waals surface area contributed by atoms with E-state index in [1.165, 1.54) is 18.2 Å². The molecule has 0 aliphatic carbocycles. The maximum atomic E-state index is 13.7. The van der Waals surface area contributed by atoms with E-state index in [0.717, 1.165) is 16.6 Å². The van der Waals surface area contributed by atoms with Crippen LogP contribution in [0.4, 0.5) is 24.5 Å². The first-order chi connectivity index (χ1) is 14.8. The number of thioether (sulfide) groups is 1. The highest BCUT2D eigenvalue weighted by atomic mass is 32.2. The molecule has 3 heterocycles. The summed E-state index contributed by atoms with van der Waals surface area (Å²) in [5, 5.41) is 11.4. The van der Waals surface area contributed by atoms with Crippen LogP contribution in [0.1, 0.15) is 17.1 Å². The number of thiophene rings is 1. The van der Waals surface area contributed by atoms with E-state index < -0.39 is 30.5 Å². The average Bonchev–Trinajstić information content (AvgIpc) is 3.35. The molecule has 0 bridgehead atoms. The summed E-state index contributed by atoms with van der Waals surface area (Å²) in [5.41, 5.74) is 0.170. The molecule has 12 heteroatoms. The number of carbonyl (C=O) groups excluding carboxylic acids is 2. The van der Waals surface area contributed by atoms with Crippen molar-refractivity contribution in [3.8, 4) is 0 Å². The van der Waals surface area contributed by atoms with Gasteiger partial charge in [-0.05, 0) is 23.6 Å². The van der Waals surface area contributed by atoms with E-state index in [-0.39, 0.29) is 22.3 Å². The molecule has 1 aromatic carbocycles. The molecule has 3 aromatic rings. The summed E-state index contributed by atoms with van der Waals surface area (Å²) >= 11 is 2.50. The number of aromatic nitrogens is 3. The first-order valence-corrected chi connectivity index (χ1v) is 11.0. The number of alkyl halides is 3. The number of nitrogens with one attached hydrogen (secondary N) is 2. The molecule has 0 radical (unpaired) electrons. The van der Waals surface area contributed by atoms with Crippen LogP contribution in [0, 0.1) is 0 Å². The molecule has 2 N–H and O–H groups in total. The summed E-state index contributed by atoms with van der Waals surface area (Å²) in [4.78, 5) is 30.9. The van der Waals surface area contributed by atoms with Crippen LogP contribution in [0.5, 0.6) is 0 Å². The standard InChI is InChI=1S/C19H16F3N5O2S2/c20-19(21,22)14-9-16(28)23-12-5-1-2-6-13(12)27(14)17(29)10-31-18-24-15(25-26-18)8-11-4-3-7-30-11/h1-7,14H,8-10H2,(H,23,28)(H,24,25,26). The SMILES string of the molecule is O=C1CC(C(F)(F)F)N(C(=O)CSc2n[nH]c(Cc3cccs3)n2)c2ccccc2N1. The van der Waals surface area contributed by atoms with Crippen LogP contribution < -0.4 is 10.2 Å². The molecule has 4 rings (SSSR count). The molecular weight excluding hydrogens is 451 g/mol. The topological polar surface area (TPSA) is 91.0 Å². The highest BCUT2D eigenvalue weighted by molar-refractivity contribution is 7.99. The average molecular weight is 467 g/mol. The van der Waals surface area contributed by atoms with Crippen molar-refractivity contribution >= 4 is 46.3 Å². The number of carbonyl (C=O) groups is 2. The number of benzene rings is 1. The number of nitrogens with zero attached hydrogens (tertiary/aromatic N) is 3. The lowest BCUT2D eigenvalue weighted by Crippen LogP contribution is -2.50. The number of aromatic amines is 1. The third-order valence-corrected chi connectivity index (χ3v) is 6.24. The van der Waals surface area contributed by atoms with Crippen molar-refractivity contribution in [3.63, 3.8) is 0 Å². The van der Waals surface area contributed by atoms with Crippen LogP contribution in [-0.4, -0.2) is 45.0 Å². The number of para-hydroxylation sites is 2. The lowest BCUT2D eigenvalue weighted by Gasteiger charge is -2.31. The summed E-state index contributed by atoms with van der Waals surface area (Å²) in [6, 6.07) is 7.55. The summed E-state index contributed by atoms with van der Waals surface area (Å²) in [6.45, 7) is 0. The molecule has 0 fully saturated rings. The first-order valence-electron chi connectivity index (χ1n) is 9.15. The van der Waals surface area contributed by atoms with Crippen molar-refractivity contribution in [1.82, 2.24) is 15.2 Å². The Bertz CT molecular complexity index is 1080. The second-order valence-corrected chi connectivity index (χ2v) is 8.67. The number of amides is 2. The third-order valence-electron chi connectivity index (χ3n) is 4.53. The summed E-state index contributed by atoms with van der Waals surface area (Å²) in [6.07, 6.45) is -5.10. The molecule has 1 aliphatic heterocycles. The fraction of sp³-hybridized carbons (Fsp3) is 0.263. The van der Waals surface area contributed by atoms with Crippen LogP contribution in [0.25, 0.3) is 0 Å². The van der Waals surface area contributed by atoms with Gasteiger partial charge in [0.25, 0.3) is 0 Å². The normalized spacial score (nSPS) is 16.5. The van der Waals surface area contributed by atoms with Gasteiger partial charge in [-0.3, -0.25) is 19.6 Å². The van der Waals surface area contributed by atoms with E-state index in [1.807, 2.05) is 17.5 Å². The quantitative estimate of drug-likeness (QED) is 0.556. The molecule has 0 spiro atoms. The number of H-pyrrole nitrogens is 1. The van der Waals surface area contributed by atoms with Gasteiger partial charge >= 0.3 is 6.18 Å². The van der Waals surface area contributed by atoms with E-state index in [2.05, 4.69) is 20.5 Å². The van der Waals surface area contributed by atoms with Crippen molar-refractivity contribution in [1.29, 1.82) is 0 Å². The monoisotopic (exact) mass is 467 g/mol. The second-order valence-electron chi connectivity index (χ2n) is 6.70. The van der Waals surface area contributed by atoms with E-state index in [1.54, 1.807) is 17.4 Å². The predicted molar refractivity (Wildman–Crippen MR) is 111 cm³/mol. The molecule has 162 valence electrons. The maximum Gasteiger partial charge on any atom is 0.409 e. The molecule has 2 aromatic heterocycles. The number of hydrogen-bond acceptors (Lipinski definition) is 6. The van der Waals surface area contributed by atoms with E-state index in [9.17, 15) is 22.8 Å². The molecule has 0 saturated heterocycles. The Morgan fingerprint density at radius 1 is 1.26 bits per heavy atom. The Morgan fingerprint density at radius 3 is 2.81 bits per heavy atom. The lowest BCUT2D eigenvalue weighted by molar-refractivity contribution is -0.157. The van der Waals surface area contributed by atoms with Crippen molar-refractivity contribution in [2.45, 2.75) is 30.2 Å². The molecule has 1 aliphatic rings. The predicted octanol–water partition coefficient (Wildman–Crippen LogP) is 3.86. The van der Waals surface area contributed by atoms with E-state index >= 15 is 0 Å². The van der Waals surface area contributed by atoms with E-state index in [4.69, 9.17) is 0 Å². The minimum absolute atomic E-state index is 0.00893. The van der Waals surface area contributed by atoms with Gasteiger partial charge in [0.05, 0.1) is 23.5 Å². The molecule has 1 unspecified atom stereocenters. The minimum atomic E-state index is -4.77. The Labute approximate surface area is 183 Å². The van der Waals surface area contributed by atoms with Crippen LogP contribution in [0.3, 0.4) is 0 Å². The van der Waals surface area contributed by atoms with Gasteiger partial charge in [0, 0.05) is 11.3 Å². The van der Waals surface area contributed by atoms with Gasteiger partial charge in [0.1, 0.15) is 11.9 Å². The van der Waals surface area contributed by atoms with Crippen LogP contribution in [-0.2, 0) is 16.0 Å². The lowest BCUT2D eigenvalue weighted by atomic mass is 10.1. The molecule has 31 heavy (non-hydrogen) atoms. The van der Waals surface area contributed by atoms with Gasteiger partial charge in [-0.25, -0.2) is 4.98 Å². The number of fused-ring (bicyclic) bond motifs is 1. The number of anilines is 2. The Hall–Kier alpha value is -2.86. The van der Waals surface area contributed by atoms with Crippen LogP contribution in [0.15, 0.2) is 46.9 Å². The third kappa shape index (κ3) is 4.90. The van der Waals surface area contributed by atoms with Gasteiger partial charge in [-0.2, -0.15) is 13.2 Å². The Balaban J connectivity index is 1.53. The van der Waals surface area contributed by atoms with Gasteiger partial charge in [-0.15, -0.1) is 16.4 Å². The first kappa shape index (κ1) is 21.4. The van der Waals surface area contributed by atoms with Gasteiger partial charge in [0.15, 0.2) is 0 Å². The molecular formula is C19H16F3N5O2S2. The number of rotatable bonds is 5. The molecule has 0 saturated carbocycles. The van der Waals surface area contributed by atoms with Crippen molar-refractivity contribution in [3.05, 3.63) is 52.5 Å². The fourth-order valence-corrected chi connectivity index (χ4v) is 4.58. The second kappa shape index (κ2) is 8.71. The molecule has 2 amide bonds. The zero-order chi connectivity index (χ0) is 22.0. The summed E-state index contributed by atoms with van der Waals surface area (Å²) in [7, 11) is 0. The highest BCUT2D eigenvalue weighted by Crippen LogP contribution is 2.38.